The van der Waals surface area contributed by atoms with Gasteiger partial charge in [0.05, 0.1) is 12.1 Å². The zero-order valence-corrected chi connectivity index (χ0v) is 12.2. The Morgan fingerprint density at radius 2 is 2.10 bits per heavy atom. The second-order valence-electron chi connectivity index (χ2n) is 4.97. The first-order valence-electron chi connectivity index (χ1n) is 7.07. The molecule has 1 atom stereocenters. The topological polar surface area (TPSA) is 46.2 Å². The van der Waals surface area contributed by atoms with Crippen molar-refractivity contribution in [1.82, 2.24) is 15.6 Å². The van der Waals surface area contributed by atoms with E-state index in [0.29, 0.717) is 6.04 Å². The summed E-state index contributed by atoms with van der Waals surface area (Å²) in [5.41, 5.74) is 2.33. The first kappa shape index (κ1) is 14.9. The maximum Gasteiger partial charge on any atom is 0.0746 e. The summed E-state index contributed by atoms with van der Waals surface area (Å²) in [5, 5.41) is 8.07. The van der Waals surface area contributed by atoms with E-state index in [9.17, 15) is 0 Å². The van der Waals surface area contributed by atoms with Crippen molar-refractivity contribution in [2.45, 2.75) is 19.5 Å². The molecule has 0 aliphatic heterocycles. The molecule has 0 aliphatic carbocycles. The Hall–Kier alpha value is -1.49. The third kappa shape index (κ3) is 4.27. The summed E-state index contributed by atoms with van der Waals surface area (Å²) in [5.74, 6) is 0. The molecule has 0 saturated heterocycles. The van der Waals surface area contributed by atoms with Crippen LogP contribution in [0.4, 0.5) is 0 Å². The minimum atomic E-state index is 0.408. The third-order valence-electron chi connectivity index (χ3n) is 3.29. The number of hydrogen-bond donors (Lipinski definition) is 2. The van der Waals surface area contributed by atoms with Crippen LogP contribution in [0, 0.1) is 0 Å². The van der Waals surface area contributed by atoms with Gasteiger partial charge in [0.15, 0.2) is 0 Å². The molecule has 0 fully saturated rings. The number of hydrogen-bond acceptors (Lipinski definition) is 4. The van der Waals surface area contributed by atoms with Crippen molar-refractivity contribution in [3.63, 3.8) is 0 Å². The molecule has 20 heavy (non-hydrogen) atoms. The number of benzene rings is 1. The number of fused-ring (bicyclic) bond motifs is 1. The minimum Gasteiger partial charge on any atom is -0.383 e. The maximum absolute atomic E-state index is 5.01. The number of methoxy groups -OCH3 is 1. The van der Waals surface area contributed by atoms with Gasteiger partial charge in [0.2, 0.25) is 0 Å². The molecule has 108 valence electrons. The average Bonchev–Trinajstić information content (AvgIpc) is 2.49. The third-order valence-corrected chi connectivity index (χ3v) is 3.29. The van der Waals surface area contributed by atoms with Crippen molar-refractivity contribution >= 4 is 10.9 Å². The molecule has 1 heterocycles. The molecule has 1 unspecified atom stereocenters. The first-order valence-corrected chi connectivity index (χ1v) is 7.07. The van der Waals surface area contributed by atoms with Gasteiger partial charge < -0.3 is 15.4 Å². The zero-order chi connectivity index (χ0) is 14.2. The van der Waals surface area contributed by atoms with Gasteiger partial charge in [0.1, 0.15) is 0 Å². The van der Waals surface area contributed by atoms with Crippen LogP contribution in [0.1, 0.15) is 12.5 Å². The van der Waals surface area contributed by atoms with E-state index in [1.807, 2.05) is 12.3 Å². The summed E-state index contributed by atoms with van der Waals surface area (Å²) in [6.07, 6.45) is 1.85. The molecule has 2 rings (SSSR count). The highest BCUT2D eigenvalue weighted by Crippen LogP contribution is 2.15. The van der Waals surface area contributed by atoms with Crippen LogP contribution in [-0.4, -0.2) is 37.8 Å². The van der Waals surface area contributed by atoms with Gasteiger partial charge in [-0.1, -0.05) is 24.3 Å². The normalized spacial score (nSPS) is 12.7. The maximum atomic E-state index is 5.01. The van der Waals surface area contributed by atoms with Crippen LogP contribution in [0.25, 0.3) is 10.9 Å². The molecule has 0 spiro atoms. The van der Waals surface area contributed by atoms with E-state index in [-0.39, 0.29) is 0 Å². The fourth-order valence-corrected chi connectivity index (χ4v) is 2.16. The van der Waals surface area contributed by atoms with Crippen LogP contribution in [-0.2, 0) is 11.3 Å². The van der Waals surface area contributed by atoms with Gasteiger partial charge in [-0.05, 0) is 18.6 Å². The standard InChI is InChI=1S/C16H23N3O/c1-13(11-17-9-10-20-2)19-12-15-6-3-5-14-7-4-8-18-16(14)15/h3-8,13,17,19H,9-12H2,1-2H3. The number of nitrogens with one attached hydrogen (secondary N) is 2. The van der Waals surface area contributed by atoms with Crippen LogP contribution >= 0.6 is 0 Å². The molecule has 0 radical (unpaired) electrons. The van der Waals surface area contributed by atoms with Crippen molar-refractivity contribution in [1.29, 1.82) is 0 Å². The van der Waals surface area contributed by atoms with Crippen molar-refractivity contribution in [2.75, 3.05) is 26.8 Å². The predicted octanol–water partition coefficient (Wildman–Crippen LogP) is 1.95. The molecule has 4 nitrogen and oxygen atoms in total. The van der Waals surface area contributed by atoms with Crippen LogP contribution in [0.3, 0.4) is 0 Å². The molecule has 1 aromatic carbocycles. The fraction of sp³-hybridized carbons (Fsp3) is 0.438. The van der Waals surface area contributed by atoms with Gasteiger partial charge in [-0.15, -0.1) is 0 Å². The summed E-state index contributed by atoms with van der Waals surface area (Å²) in [6, 6.07) is 10.8. The summed E-state index contributed by atoms with van der Waals surface area (Å²) in [4.78, 5) is 4.47. The van der Waals surface area contributed by atoms with E-state index >= 15 is 0 Å². The largest absolute Gasteiger partial charge is 0.383 e. The molecular weight excluding hydrogens is 250 g/mol. The predicted molar refractivity (Wildman–Crippen MR) is 82.8 cm³/mol. The molecule has 0 amide bonds. The van der Waals surface area contributed by atoms with E-state index in [1.165, 1.54) is 10.9 Å². The molecule has 4 heteroatoms. The number of rotatable bonds is 8. The lowest BCUT2D eigenvalue weighted by atomic mass is 10.1. The summed E-state index contributed by atoms with van der Waals surface area (Å²) < 4.78 is 5.01. The van der Waals surface area contributed by atoms with Crippen molar-refractivity contribution in [2.24, 2.45) is 0 Å². The average molecular weight is 273 g/mol. The first-order chi connectivity index (χ1) is 9.81. The Balaban J connectivity index is 1.86. The Kier molecular flexibility index (Phi) is 5.92. The molecule has 1 aromatic heterocycles. The zero-order valence-electron chi connectivity index (χ0n) is 12.2. The van der Waals surface area contributed by atoms with E-state index < -0.39 is 0 Å². The van der Waals surface area contributed by atoms with Gasteiger partial charge >= 0.3 is 0 Å². The Morgan fingerprint density at radius 3 is 2.95 bits per heavy atom. The Morgan fingerprint density at radius 1 is 1.25 bits per heavy atom. The lowest BCUT2D eigenvalue weighted by Gasteiger charge is -2.15. The minimum absolute atomic E-state index is 0.408. The summed E-state index contributed by atoms with van der Waals surface area (Å²) in [6.45, 7) is 5.58. The summed E-state index contributed by atoms with van der Waals surface area (Å²) in [7, 11) is 1.72. The van der Waals surface area contributed by atoms with Gasteiger partial charge in [-0.3, -0.25) is 4.98 Å². The van der Waals surface area contributed by atoms with E-state index in [2.05, 4.69) is 46.8 Å². The quantitative estimate of drug-likeness (QED) is 0.722. The molecular formula is C16H23N3O. The second kappa shape index (κ2) is 7.94. The Bertz CT molecular complexity index is 525. The van der Waals surface area contributed by atoms with Crippen LogP contribution in [0.5, 0.6) is 0 Å². The lowest BCUT2D eigenvalue weighted by Crippen LogP contribution is -2.37. The van der Waals surface area contributed by atoms with Crippen molar-refractivity contribution in [3.05, 3.63) is 42.1 Å². The van der Waals surface area contributed by atoms with Crippen molar-refractivity contribution < 1.29 is 4.74 Å². The van der Waals surface area contributed by atoms with Gasteiger partial charge in [0, 0.05) is 44.4 Å². The highest BCUT2D eigenvalue weighted by Gasteiger charge is 2.04. The number of ether oxygens (including phenoxy) is 1. The van der Waals surface area contributed by atoms with Gasteiger partial charge in [0.25, 0.3) is 0 Å². The van der Waals surface area contributed by atoms with Crippen LogP contribution < -0.4 is 10.6 Å². The highest BCUT2D eigenvalue weighted by atomic mass is 16.5. The monoisotopic (exact) mass is 273 g/mol. The van der Waals surface area contributed by atoms with Crippen LogP contribution in [0.2, 0.25) is 0 Å². The van der Waals surface area contributed by atoms with Crippen LogP contribution in [0.15, 0.2) is 36.5 Å². The lowest BCUT2D eigenvalue weighted by molar-refractivity contribution is 0.198. The molecule has 2 N–H and O–H groups in total. The number of para-hydroxylation sites is 1. The second-order valence-corrected chi connectivity index (χ2v) is 4.97. The number of pyridine rings is 1. The Labute approximate surface area is 120 Å². The van der Waals surface area contributed by atoms with E-state index in [0.717, 1.165) is 31.8 Å². The van der Waals surface area contributed by atoms with E-state index in [4.69, 9.17) is 4.74 Å². The van der Waals surface area contributed by atoms with Gasteiger partial charge in [-0.25, -0.2) is 0 Å². The van der Waals surface area contributed by atoms with E-state index in [1.54, 1.807) is 7.11 Å². The number of aromatic nitrogens is 1. The SMILES string of the molecule is COCCNCC(C)NCc1cccc2cccnc12. The molecule has 0 bridgehead atoms. The smallest absolute Gasteiger partial charge is 0.0746 e. The fourth-order valence-electron chi connectivity index (χ4n) is 2.16. The summed E-state index contributed by atoms with van der Waals surface area (Å²) >= 11 is 0. The van der Waals surface area contributed by atoms with Gasteiger partial charge in [-0.2, -0.15) is 0 Å². The van der Waals surface area contributed by atoms with Crippen molar-refractivity contribution in [3.8, 4) is 0 Å². The molecule has 2 aromatic rings. The molecule has 0 saturated carbocycles. The number of nitrogens with zero attached hydrogens (tertiary/aromatic N) is 1. The molecule has 0 aliphatic rings. The highest BCUT2D eigenvalue weighted by molar-refractivity contribution is 5.81.